The van der Waals surface area contributed by atoms with Gasteiger partial charge in [-0.25, -0.2) is 0 Å². The lowest BCUT2D eigenvalue weighted by Gasteiger charge is -2.28. The number of hydrogen-bond acceptors (Lipinski definition) is 7. The molecular weight excluding hydrogens is 354 g/mol. The highest BCUT2D eigenvalue weighted by Gasteiger charge is 2.22. The molecule has 0 saturated carbocycles. The molecular formula is C17H23N5O3S. The maximum Gasteiger partial charge on any atom is 0.273 e. The van der Waals surface area contributed by atoms with Crippen LogP contribution in [0.5, 0.6) is 0 Å². The normalized spacial score (nSPS) is 14.8. The van der Waals surface area contributed by atoms with Crippen LogP contribution in [0, 0.1) is 16.0 Å². The largest absolute Gasteiger partial charge is 0.378 e. The maximum atomic E-state index is 11.2. The number of rotatable bonds is 7. The van der Waals surface area contributed by atoms with E-state index in [-0.39, 0.29) is 10.6 Å². The van der Waals surface area contributed by atoms with Crippen molar-refractivity contribution in [3.63, 3.8) is 0 Å². The first kappa shape index (κ1) is 18.7. The number of aromatic nitrogens is 3. The molecule has 0 bridgehead atoms. The van der Waals surface area contributed by atoms with Crippen LogP contribution in [0.2, 0.25) is 0 Å². The quantitative estimate of drug-likeness (QED) is 0.416. The molecule has 2 heterocycles. The summed E-state index contributed by atoms with van der Waals surface area (Å²) in [6.45, 7) is 8.08. The lowest BCUT2D eigenvalue weighted by molar-refractivity contribution is -0.385. The number of nitrogens with zero attached hydrogens (tertiary/aromatic N) is 5. The number of benzene rings is 1. The van der Waals surface area contributed by atoms with E-state index in [0.29, 0.717) is 30.4 Å². The van der Waals surface area contributed by atoms with Gasteiger partial charge in [-0.1, -0.05) is 43.8 Å². The Kier molecular flexibility index (Phi) is 6.10. The first-order valence-corrected chi connectivity index (χ1v) is 9.66. The highest BCUT2D eigenvalue weighted by molar-refractivity contribution is 7.98. The molecule has 0 atom stereocenters. The Bertz CT molecular complexity index is 759. The topological polar surface area (TPSA) is 86.3 Å². The Hall–Kier alpha value is -2.13. The van der Waals surface area contributed by atoms with E-state index in [4.69, 9.17) is 4.74 Å². The number of nitro benzene ring substituents is 1. The number of hydrogen-bond donors (Lipinski definition) is 0. The molecule has 3 rings (SSSR count). The summed E-state index contributed by atoms with van der Waals surface area (Å²) in [5.74, 6) is 1.78. The first-order chi connectivity index (χ1) is 12.6. The van der Waals surface area contributed by atoms with Crippen molar-refractivity contribution in [1.29, 1.82) is 0 Å². The second kappa shape index (κ2) is 8.50. The highest BCUT2D eigenvalue weighted by Crippen LogP contribution is 2.29. The summed E-state index contributed by atoms with van der Waals surface area (Å²) in [5.41, 5.74) is 0.831. The van der Waals surface area contributed by atoms with E-state index in [0.717, 1.165) is 30.7 Å². The average Bonchev–Trinajstić information content (AvgIpc) is 3.02. The minimum Gasteiger partial charge on any atom is -0.378 e. The number of nitro groups is 1. The van der Waals surface area contributed by atoms with Gasteiger partial charge in [0.15, 0.2) is 5.16 Å². The van der Waals surface area contributed by atoms with Crippen molar-refractivity contribution < 1.29 is 9.66 Å². The molecule has 0 radical (unpaired) electrons. The molecule has 0 aliphatic carbocycles. The monoisotopic (exact) mass is 377 g/mol. The summed E-state index contributed by atoms with van der Waals surface area (Å²) < 4.78 is 7.54. The molecule has 1 fully saturated rings. The van der Waals surface area contributed by atoms with Crippen molar-refractivity contribution in [3.05, 3.63) is 39.9 Å². The van der Waals surface area contributed by atoms with Gasteiger partial charge in [0.25, 0.3) is 5.69 Å². The summed E-state index contributed by atoms with van der Waals surface area (Å²) in [4.78, 5) is 13.0. The van der Waals surface area contributed by atoms with Gasteiger partial charge in [0.1, 0.15) is 0 Å². The van der Waals surface area contributed by atoms with Gasteiger partial charge < -0.3 is 9.64 Å². The van der Waals surface area contributed by atoms with Crippen molar-refractivity contribution in [2.45, 2.75) is 31.3 Å². The minimum absolute atomic E-state index is 0.142. The van der Waals surface area contributed by atoms with Gasteiger partial charge in [-0.15, -0.1) is 10.2 Å². The summed E-state index contributed by atoms with van der Waals surface area (Å²) >= 11 is 1.49. The molecule has 140 valence electrons. The van der Waals surface area contributed by atoms with Gasteiger partial charge in [-0.05, 0) is 5.92 Å². The van der Waals surface area contributed by atoms with Crippen LogP contribution in [0.15, 0.2) is 29.4 Å². The van der Waals surface area contributed by atoms with Crippen LogP contribution in [0.25, 0.3) is 0 Å². The standard InChI is InChI=1S/C17H23N5O3S/c1-13(2)11-21-16(20-7-9-25-10-8-20)18-19-17(21)26-12-14-5-3-4-6-15(14)22(23)24/h3-6,13H,7-12H2,1-2H3. The van der Waals surface area contributed by atoms with Gasteiger partial charge in [0.05, 0.1) is 18.1 Å². The zero-order chi connectivity index (χ0) is 18.5. The van der Waals surface area contributed by atoms with Crippen LogP contribution in [0.4, 0.5) is 11.6 Å². The van der Waals surface area contributed by atoms with E-state index in [1.165, 1.54) is 17.8 Å². The van der Waals surface area contributed by atoms with Crippen molar-refractivity contribution in [2.75, 3.05) is 31.2 Å². The summed E-state index contributed by atoms with van der Waals surface area (Å²) in [5, 5.41) is 20.7. The maximum absolute atomic E-state index is 11.2. The van der Waals surface area contributed by atoms with Crippen LogP contribution < -0.4 is 4.90 Å². The molecule has 0 N–H and O–H groups in total. The predicted molar refractivity (Wildman–Crippen MR) is 101 cm³/mol. The third kappa shape index (κ3) is 4.34. The molecule has 1 aliphatic rings. The first-order valence-electron chi connectivity index (χ1n) is 8.67. The van der Waals surface area contributed by atoms with E-state index >= 15 is 0 Å². The molecule has 26 heavy (non-hydrogen) atoms. The SMILES string of the molecule is CC(C)Cn1c(SCc2ccccc2[N+](=O)[O-])nnc1N1CCOCC1. The third-order valence-electron chi connectivity index (χ3n) is 4.08. The fourth-order valence-corrected chi connectivity index (χ4v) is 3.80. The fraction of sp³-hybridized carbons (Fsp3) is 0.529. The summed E-state index contributed by atoms with van der Waals surface area (Å²) in [7, 11) is 0. The molecule has 0 spiro atoms. The molecule has 8 nitrogen and oxygen atoms in total. The van der Waals surface area contributed by atoms with Gasteiger partial charge >= 0.3 is 0 Å². The fourth-order valence-electron chi connectivity index (χ4n) is 2.86. The van der Waals surface area contributed by atoms with Gasteiger partial charge in [-0.3, -0.25) is 14.7 Å². The van der Waals surface area contributed by atoms with Crippen molar-refractivity contribution >= 4 is 23.4 Å². The van der Waals surface area contributed by atoms with E-state index in [9.17, 15) is 10.1 Å². The molecule has 9 heteroatoms. The summed E-state index contributed by atoms with van der Waals surface area (Å²) in [6, 6.07) is 6.83. The number of ether oxygens (including phenoxy) is 1. The number of thioether (sulfide) groups is 1. The number of para-hydroxylation sites is 1. The van der Waals surface area contributed by atoms with Gasteiger partial charge in [-0.2, -0.15) is 0 Å². The Morgan fingerprint density at radius 3 is 2.69 bits per heavy atom. The Labute approximate surface area is 156 Å². The number of morpholine rings is 1. The summed E-state index contributed by atoms with van der Waals surface area (Å²) in [6.07, 6.45) is 0. The van der Waals surface area contributed by atoms with E-state index in [2.05, 4.69) is 33.5 Å². The minimum atomic E-state index is -0.339. The van der Waals surface area contributed by atoms with Crippen LogP contribution in [0.1, 0.15) is 19.4 Å². The molecule has 0 amide bonds. The van der Waals surface area contributed by atoms with Crippen LogP contribution in [-0.2, 0) is 17.0 Å². The van der Waals surface area contributed by atoms with Crippen LogP contribution in [0.3, 0.4) is 0 Å². The van der Waals surface area contributed by atoms with Gasteiger partial charge in [0.2, 0.25) is 5.95 Å². The van der Waals surface area contributed by atoms with Crippen molar-refractivity contribution in [3.8, 4) is 0 Å². The molecule has 1 aromatic carbocycles. The lowest BCUT2D eigenvalue weighted by atomic mass is 10.2. The van der Waals surface area contributed by atoms with E-state index in [1.807, 2.05) is 6.07 Å². The Balaban J connectivity index is 1.81. The zero-order valence-corrected chi connectivity index (χ0v) is 15.8. The zero-order valence-electron chi connectivity index (χ0n) is 15.0. The van der Waals surface area contributed by atoms with E-state index in [1.54, 1.807) is 12.1 Å². The lowest BCUT2D eigenvalue weighted by Crippen LogP contribution is -2.38. The molecule has 0 unspecified atom stereocenters. The second-order valence-corrected chi connectivity index (χ2v) is 7.50. The molecule has 1 saturated heterocycles. The molecule has 1 aromatic heterocycles. The Morgan fingerprint density at radius 2 is 2.00 bits per heavy atom. The van der Waals surface area contributed by atoms with Crippen LogP contribution >= 0.6 is 11.8 Å². The Morgan fingerprint density at radius 1 is 1.27 bits per heavy atom. The second-order valence-electron chi connectivity index (χ2n) is 6.56. The van der Waals surface area contributed by atoms with Crippen LogP contribution in [-0.4, -0.2) is 46.0 Å². The third-order valence-corrected chi connectivity index (χ3v) is 5.10. The van der Waals surface area contributed by atoms with Crippen molar-refractivity contribution in [1.82, 2.24) is 14.8 Å². The van der Waals surface area contributed by atoms with Crippen molar-refractivity contribution in [2.24, 2.45) is 5.92 Å². The molecule has 2 aromatic rings. The molecule has 1 aliphatic heterocycles. The number of anilines is 1. The highest BCUT2D eigenvalue weighted by atomic mass is 32.2. The van der Waals surface area contributed by atoms with Gasteiger partial charge in [0, 0.05) is 37.0 Å². The van der Waals surface area contributed by atoms with E-state index < -0.39 is 0 Å². The predicted octanol–water partition coefficient (Wildman–Crippen LogP) is 2.97. The smallest absolute Gasteiger partial charge is 0.273 e. The average molecular weight is 377 g/mol.